The van der Waals surface area contributed by atoms with Crippen LogP contribution in [0.25, 0.3) is 0 Å². The van der Waals surface area contributed by atoms with Gasteiger partial charge in [-0.15, -0.1) is 0 Å². The first-order valence-electron chi connectivity index (χ1n) is 6.56. The first-order chi connectivity index (χ1) is 12.0. The van der Waals surface area contributed by atoms with Crippen LogP contribution in [-0.4, -0.2) is 43.2 Å². The average Bonchev–Trinajstić information content (AvgIpc) is 2.85. The van der Waals surface area contributed by atoms with Crippen molar-refractivity contribution in [1.82, 2.24) is 13.3 Å². The molecule has 1 aromatic rings. The van der Waals surface area contributed by atoms with Gasteiger partial charge in [-0.05, 0) is 6.92 Å². The fraction of sp³-hybridized carbons (Fsp3) is 0.154. The lowest BCUT2D eigenvalue weighted by atomic mass is 9.95. The molecule has 1 fully saturated rings. The van der Waals surface area contributed by atoms with E-state index in [1.54, 1.807) is 5.32 Å². The smallest absolute Gasteiger partial charge is 0.274 e. The van der Waals surface area contributed by atoms with Gasteiger partial charge in [0.25, 0.3) is 23.6 Å². The predicted molar refractivity (Wildman–Crippen MR) is 79.6 cm³/mol. The highest BCUT2D eigenvalue weighted by atomic mass is 127. The minimum Gasteiger partial charge on any atom is -0.274 e. The Morgan fingerprint density at radius 1 is 0.846 bits per heavy atom. The number of hydrogen-bond donors (Lipinski definition) is 1. The molecule has 1 atom stereocenters. The maximum absolute atomic E-state index is 13.9. The second kappa shape index (κ2) is 5.46. The van der Waals surface area contributed by atoms with Crippen LogP contribution in [0, 0.1) is 23.3 Å². The van der Waals surface area contributed by atoms with Crippen molar-refractivity contribution in [3.05, 3.63) is 34.4 Å². The number of urea groups is 1. The molecule has 0 spiro atoms. The number of hydrogen-bond acceptors (Lipinski definition) is 5. The summed E-state index contributed by atoms with van der Waals surface area (Å²) in [6.45, 7) is 0.743. The maximum atomic E-state index is 13.9. The average molecular weight is 485 g/mol. The monoisotopic (exact) mass is 485 g/mol. The third-order valence-electron chi connectivity index (χ3n) is 3.98. The van der Waals surface area contributed by atoms with Crippen molar-refractivity contribution in [2.75, 3.05) is 0 Å². The summed E-state index contributed by atoms with van der Waals surface area (Å²) in [7, 11) is 0. The highest BCUT2D eigenvalue weighted by Gasteiger charge is 2.61. The molecule has 0 radical (unpaired) electrons. The van der Waals surface area contributed by atoms with Crippen LogP contribution < -0.4 is 5.32 Å². The van der Waals surface area contributed by atoms with Crippen molar-refractivity contribution in [1.29, 1.82) is 0 Å². The van der Waals surface area contributed by atoms with E-state index in [4.69, 9.17) is 0 Å². The number of rotatable bonds is 1. The van der Waals surface area contributed by atoms with Crippen LogP contribution >= 0.6 is 22.9 Å². The molecule has 2 heterocycles. The van der Waals surface area contributed by atoms with Gasteiger partial charge < -0.3 is 0 Å². The summed E-state index contributed by atoms with van der Waals surface area (Å²) in [4.78, 5) is 60.6. The first kappa shape index (κ1) is 18.2. The molecular formula is C13H4F4IN3O5. The Bertz CT molecular complexity index is 921. The Balaban J connectivity index is 2.25. The number of benzene rings is 1. The number of amides is 6. The summed E-state index contributed by atoms with van der Waals surface area (Å²) >= 11 is 1.17. The highest BCUT2D eigenvalue weighted by molar-refractivity contribution is 14.1. The van der Waals surface area contributed by atoms with Crippen molar-refractivity contribution < 1.29 is 41.5 Å². The van der Waals surface area contributed by atoms with Crippen LogP contribution in [0.2, 0.25) is 0 Å². The van der Waals surface area contributed by atoms with E-state index in [1.165, 1.54) is 22.9 Å². The van der Waals surface area contributed by atoms with Crippen molar-refractivity contribution in [2.24, 2.45) is 0 Å². The van der Waals surface area contributed by atoms with E-state index in [0.717, 1.165) is 6.92 Å². The number of nitrogens with one attached hydrogen (secondary N) is 1. The molecule has 6 amide bonds. The van der Waals surface area contributed by atoms with Gasteiger partial charge in [-0.1, -0.05) is 0 Å². The molecule has 8 nitrogen and oxygen atoms in total. The van der Waals surface area contributed by atoms with E-state index in [-0.39, 0.29) is 4.90 Å². The number of carbonyl (C=O) groups is 5. The largest absolute Gasteiger partial charge is 0.340 e. The molecule has 0 aromatic heterocycles. The van der Waals surface area contributed by atoms with E-state index in [1.807, 2.05) is 0 Å². The van der Waals surface area contributed by atoms with E-state index in [9.17, 15) is 41.5 Å². The van der Waals surface area contributed by atoms with Crippen LogP contribution in [0.3, 0.4) is 0 Å². The fourth-order valence-corrected chi connectivity index (χ4v) is 3.19. The second-order valence-corrected chi connectivity index (χ2v) is 6.33. The molecule has 136 valence electrons. The summed E-state index contributed by atoms with van der Waals surface area (Å²) in [6, 6.07) is -1.18. The third-order valence-corrected chi connectivity index (χ3v) is 4.86. The molecule has 0 saturated carbocycles. The number of fused-ring (bicyclic) bond motifs is 1. The number of halogens is 5. The molecule has 0 aliphatic carbocycles. The Kier molecular flexibility index (Phi) is 3.82. The minimum absolute atomic E-state index is 0.140. The summed E-state index contributed by atoms with van der Waals surface area (Å²) in [5.41, 5.74) is -5.62. The van der Waals surface area contributed by atoms with Gasteiger partial charge >= 0.3 is 6.03 Å². The lowest BCUT2D eigenvalue weighted by Crippen LogP contribution is -2.71. The molecule has 1 unspecified atom stereocenters. The van der Waals surface area contributed by atoms with Gasteiger partial charge in [0.2, 0.25) is 5.54 Å². The highest BCUT2D eigenvalue weighted by Crippen LogP contribution is 2.37. The number of barbiturate groups is 1. The van der Waals surface area contributed by atoms with E-state index in [0.29, 0.717) is 3.11 Å². The number of carbonyl (C=O) groups excluding carboxylic acids is 5. The van der Waals surface area contributed by atoms with Crippen LogP contribution in [0.15, 0.2) is 0 Å². The summed E-state index contributed by atoms with van der Waals surface area (Å²) in [5, 5.41) is 1.68. The normalized spacial score (nSPS) is 22.9. The topological polar surface area (TPSA) is 104 Å². The van der Waals surface area contributed by atoms with Crippen molar-refractivity contribution >= 4 is 52.5 Å². The Labute approximate surface area is 154 Å². The first-order valence-corrected chi connectivity index (χ1v) is 7.53. The molecule has 2 aliphatic rings. The SMILES string of the molecule is CC1(N2C(=O)c3c(F)c(F)c(F)c(F)c3C2=O)C(=O)NC(=O)N(I)C1=O. The molecule has 1 N–H and O–H groups in total. The fourth-order valence-electron chi connectivity index (χ4n) is 2.60. The molecular weight excluding hydrogens is 481 g/mol. The molecule has 26 heavy (non-hydrogen) atoms. The summed E-state index contributed by atoms with van der Waals surface area (Å²) < 4.78 is 55.0. The van der Waals surface area contributed by atoms with Gasteiger partial charge in [0.05, 0.1) is 34.0 Å². The van der Waals surface area contributed by atoms with Crippen LogP contribution in [0.1, 0.15) is 27.6 Å². The molecule has 1 saturated heterocycles. The van der Waals surface area contributed by atoms with E-state index < -0.39 is 69.6 Å². The van der Waals surface area contributed by atoms with Gasteiger partial charge in [0.15, 0.2) is 23.3 Å². The van der Waals surface area contributed by atoms with Gasteiger partial charge in [0.1, 0.15) is 0 Å². The Hall–Kier alpha value is -2.58. The second-order valence-electron chi connectivity index (χ2n) is 5.37. The molecule has 1 aromatic carbocycles. The maximum Gasteiger partial charge on any atom is 0.340 e. The van der Waals surface area contributed by atoms with Crippen molar-refractivity contribution in [3.8, 4) is 0 Å². The zero-order valence-electron chi connectivity index (χ0n) is 12.3. The van der Waals surface area contributed by atoms with Crippen LogP contribution in [0.4, 0.5) is 22.4 Å². The Morgan fingerprint density at radius 3 is 1.69 bits per heavy atom. The van der Waals surface area contributed by atoms with Gasteiger partial charge in [-0.25, -0.2) is 27.3 Å². The van der Waals surface area contributed by atoms with Gasteiger partial charge in [0, 0.05) is 0 Å². The molecule has 13 heteroatoms. The number of imide groups is 3. The molecule has 3 rings (SSSR count). The van der Waals surface area contributed by atoms with Gasteiger partial charge in [-0.2, -0.15) is 3.11 Å². The quantitative estimate of drug-likeness (QED) is 0.122. The lowest BCUT2D eigenvalue weighted by Gasteiger charge is -2.38. The molecule has 2 aliphatic heterocycles. The van der Waals surface area contributed by atoms with Crippen LogP contribution in [0.5, 0.6) is 0 Å². The Morgan fingerprint density at radius 2 is 1.27 bits per heavy atom. The van der Waals surface area contributed by atoms with Crippen molar-refractivity contribution in [3.63, 3.8) is 0 Å². The minimum atomic E-state index is -2.71. The van der Waals surface area contributed by atoms with Crippen molar-refractivity contribution in [2.45, 2.75) is 12.5 Å². The number of nitrogens with zero attached hydrogens (tertiary/aromatic N) is 2. The standard InChI is InChI=1S/C13H4F4IN3O5/c1-13(10(24)19-12(26)21(18)11(13)25)20-8(22)2-3(9(20)23)5(15)7(17)6(16)4(2)14/h1H3,(H,19,24,26). The zero-order chi connectivity index (χ0) is 19.7. The van der Waals surface area contributed by atoms with Gasteiger partial charge in [-0.3, -0.25) is 24.5 Å². The zero-order valence-corrected chi connectivity index (χ0v) is 14.5. The lowest BCUT2D eigenvalue weighted by molar-refractivity contribution is -0.145. The van der Waals surface area contributed by atoms with E-state index in [2.05, 4.69) is 0 Å². The van der Waals surface area contributed by atoms with E-state index >= 15 is 0 Å². The van der Waals surface area contributed by atoms with Crippen LogP contribution in [-0.2, 0) is 9.59 Å². The predicted octanol–water partition coefficient (Wildman–Crippen LogP) is 1.03. The molecule has 0 bridgehead atoms. The summed E-state index contributed by atoms with van der Waals surface area (Å²) in [6.07, 6.45) is 0. The third kappa shape index (κ3) is 1.96. The summed E-state index contributed by atoms with van der Waals surface area (Å²) in [5.74, 6) is -15.2.